The maximum atomic E-state index is 13.1. The van der Waals surface area contributed by atoms with Crippen LogP contribution >= 0.6 is 11.8 Å². The zero-order valence-electron chi connectivity index (χ0n) is 15.1. The second-order valence-electron chi connectivity index (χ2n) is 7.02. The van der Waals surface area contributed by atoms with Crippen molar-refractivity contribution in [2.45, 2.75) is 49.6 Å². The first-order valence-corrected chi connectivity index (χ1v) is 10.2. The van der Waals surface area contributed by atoms with Crippen LogP contribution in [0.3, 0.4) is 0 Å². The van der Waals surface area contributed by atoms with Crippen molar-refractivity contribution in [1.82, 2.24) is 10.2 Å². The van der Waals surface area contributed by atoms with Crippen molar-refractivity contribution in [2.75, 3.05) is 20.0 Å². The molecule has 1 N–H and O–H groups in total. The number of hydrogen-bond acceptors (Lipinski definition) is 5. The maximum absolute atomic E-state index is 13.1. The van der Waals surface area contributed by atoms with Gasteiger partial charge in [-0.15, -0.1) is 11.8 Å². The Morgan fingerprint density at radius 3 is 2.65 bits per heavy atom. The van der Waals surface area contributed by atoms with Gasteiger partial charge < -0.3 is 19.7 Å². The van der Waals surface area contributed by atoms with Gasteiger partial charge in [0.25, 0.3) is 5.91 Å². The molecule has 2 heterocycles. The second kappa shape index (κ2) is 7.02. The van der Waals surface area contributed by atoms with Gasteiger partial charge in [0.05, 0.1) is 19.8 Å². The molecule has 1 saturated heterocycles. The van der Waals surface area contributed by atoms with E-state index < -0.39 is 6.04 Å². The van der Waals surface area contributed by atoms with Gasteiger partial charge in [0.1, 0.15) is 11.4 Å². The number of carbonyl (C=O) groups excluding carboxylic acids is 2. The summed E-state index contributed by atoms with van der Waals surface area (Å²) < 4.78 is 10.8. The predicted octanol–water partition coefficient (Wildman–Crippen LogP) is 2.72. The SMILES string of the molecule is COc1ccc2c(c1OC)C(=O)N1[C@@H](C(=O)NC3CCCCC3)CS[C@@H]21. The molecular weight excluding hydrogens is 352 g/mol. The highest BCUT2D eigenvalue weighted by atomic mass is 32.2. The van der Waals surface area contributed by atoms with Crippen LogP contribution in [0.5, 0.6) is 11.5 Å². The van der Waals surface area contributed by atoms with E-state index in [0.29, 0.717) is 22.8 Å². The number of thioether (sulfide) groups is 1. The Hall–Kier alpha value is -1.89. The lowest BCUT2D eigenvalue weighted by Crippen LogP contribution is -2.49. The lowest BCUT2D eigenvalue weighted by atomic mass is 9.95. The predicted molar refractivity (Wildman–Crippen MR) is 99.7 cm³/mol. The van der Waals surface area contributed by atoms with Crippen LogP contribution in [0.2, 0.25) is 0 Å². The monoisotopic (exact) mass is 376 g/mol. The van der Waals surface area contributed by atoms with Crippen molar-refractivity contribution in [3.05, 3.63) is 23.3 Å². The van der Waals surface area contributed by atoms with Gasteiger partial charge in [-0.2, -0.15) is 0 Å². The lowest BCUT2D eigenvalue weighted by molar-refractivity contribution is -0.125. The van der Waals surface area contributed by atoms with Gasteiger partial charge in [-0.3, -0.25) is 9.59 Å². The summed E-state index contributed by atoms with van der Waals surface area (Å²) >= 11 is 1.64. The van der Waals surface area contributed by atoms with Crippen molar-refractivity contribution in [1.29, 1.82) is 0 Å². The Morgan fingerprint density at radius 2 is 1.96 bits per heavy atom. The van der Waals surface area contributed by atoms with Crippen molar-refractivity contribution in [3.8, 4) is 11.5 Å². The summed E-state index contributed by atoms with van der Waals surface area (Å²) in [5.74, 6) is 1.45. The standard InChI is InChI=1S/C19H24N2O4S/c1-24-14-9-8-12-15(16(14)25-2)18(23)21-13(10-26-19(12)21)17(22)20-11-6-4-3-5-7-11/h8-9,11,13,19H,3-7,10H2,1-2H3,(H,20,22)/t13-,19+/m1/s1. The van der Waals surface area contributed by atoms with Crippen LogP contribution in [0, 0.1) is 0 Å². The van der Waals surface area contributed by atoms with E-state index >= 15 is 0 Å². The highest BCUT2D eigenvalue weighted by Gasteiger charge is 2.50. The largest absolute Gasteiger partial charge is 0.493 e. The van der Waals surface area contributed by atoms with E-state index in [1.165, 1.54) is 13.5 Å². The van der Waals surface area contributed by atoms with E-state index in [0.717, 1.165) is 31.2 Å². The molecule has 2 aliphatic heterocycles. The summed E-state index contributed by atoms with van der Waals surface area (Å²) in [6, 6.07) is 3.55. The van der Waals surface area contributed by atoms with Crippen molar-refractivity contribution in [2.24, 2.45) is 0 Å². The molecule has 4 rings (SSSR count). The third-order valence-corrected chi connectivity index (χ3v) is 6.85. The number of amides is 2. The highest BCUT2D eigenvalue weighted by molar-refractivity contribution is 7.99. The number of nitrogens with one attached hydrogen (secondary N) is 1. The molecule has 0 aromatic heterocycles. The first-order valence-electron chi connectivity index (χ1n) is 9.15. The normalized spacial score (nSPS) is 25.0. The Balaban J connectivity index is 1.58. The van der Waals surface area contributed by atoms with Crippen molar-refractivity contribution in [3.63, 3.8) is 0 Å². The molecule has 2 atom stereocenters. The van der Waals surface area contributed by atoms with Gasteiger partial charge in [0.15, 0.2) is 11.5 Å². The van der Waals surface area contributed by atoms with Crippen LogP contribution in [0.4, 0.5) is 0 Å². The average molecular weight is 376 g/mol. The molecular formula is C19H24N2O4S. The molecule has 1 aliphatic carbocycles. The topological polar surface area (TPSA) is 67.9 Å². The van der Waals surface area contributed by atoms with Crippen LogP contribution in [0.15, 0.2) is 12.1 Å². The molecule has 3 aliphatic rings. The number of benzene rings is 1. The molecule has 0 radical (unpaired) electrons. The van der Waals surface area contributed by atoms with E-state index in [2.05, 4.69) is 5.32 Å². The van der Waals surface area contributed by atoms with Gasteiger partial charge >= 0.3 is 0 Å². The molecule has 7 heteroatoms. The second-order valence-corrected chi connectivity index (χ2v) is 8.14. The molecule has 2 fully saturated rings. The van der Waals surface area contributed by atoms with Crippen LogP contribution in [0.1, 0.15) is 53.4 Å². The zero-order valence-corrected chi connectivity index (χ0v) is 15.9. The van der Waals surface area contributed by atoms with Crippen LogP contribution in [0.25, 0.3) is 0 Å². The Bertz CT molecular complexity index is 732. The molecule has 1 aromatic rings. The minimum absolute atomic E-state index is 0.0287. The number of methoxy groups -OCH3 is 2. The summed E-state index contributed by atoms with van der Waals surface area (Å²) in [7, 11) is 3.09. The molecule has 0 spiro atoms. The summed E-state index contributed by atoms with van der Waals surface area (Å²) in [6.07, 6.45) is 5.65. The number of carbonyl (C=O) groups is 2. The zero-order chi connectivity index (χ0) is 18.3. The van der Waals surface area contributed by atoms with E-state index in [4.69, 9.17) is 9.47 Å². The summed E-state index contributed by atoms with van der Waals surface area (Å²) in [5.41, 5.74) is 1.44. The Kier molecular flexibility index (Phi) is 4.73. The van der Waals surface area contributed by atoms with Crippen molar-refractivity contribution >= 4 is 23.6 Å². The van der Waals surface area contributed by atoms with E-state index in [1.807, 2.05) is 12.1 Å². The molecule has 2 amide bonds. The van der Waals surface area contributed by atoms with Gasteiger partial charge in [-0.1, -0.05) is 25.3 Å². The summed E-state index contributed by atoms with van der Waals surface area (Å²) in [4.78, 5) is 27.7. The Labute approximate surface area is 157 Å². The molecule has 1 aromatic carbocycles. The first-order chi connectivity index (χ1) is 12.7. The highest BCUT2D eigenvalue weighted by Crippen LogP contribution is 2.52. The van der Waals surface area contributed by atoms with E-state index in [9.17, 15) is 9.59 Å². The fraction of sp³-hybridized carbons (Fsp3) is 0.579. The summed E-state index contributed by atoms with van der Waals surface area (Å²) in [6.45, 7) is 0. The minimum Gasteiger partial charge on any atom is -0.493 e. The number of hydrogen-bond donors (Lipinski definition) is 1. The number of fused-ring (bicyclic) bond motifs is 3. The molecule has 0 unspecified atom stereocenters. The fourth-order valence-electron chi connectivity index (χ4n) is 4.24. The number of ether oxygens (including phenoxy) is 2. The van der Waals surface area contributed by atoms with Gasteiger partial charge in [-0.05, 0) is 18.9 Å². The van der Waals surface area contributed by atoms with Crippen LogP contribution in [-0.2, 0) is 4.79 Å². The smallest absolute Gasteiger partial charge is 0.260 e. The molecule has 26 heavy (non-hydrogen) atoms. The van der Waals surface area contributed by atoms with Crippen LogP contribution < -0.4 is 14.8 Å². The average Bonchev–Trinajstić information content (AvgIpc) is 3.22. The molecule has 6 nitrogen and oxygen atoms in total. The van der Waals surface area contributed by atoms with E-state index in [1.54, 1.807) is 23.8 Å². The first kappa shape index (κ1) is 17.5. The molecule has 0 bridgehead atoms. The Morgan fingerprint density at radius 1 is 1.19 bits per heavy atom. The van der Waals surface area contributed by atoms with E-state index in [-0.39, 0.29) is 23.2 Å². The summed E-state index contributed by atoms with van der Waals surface area (Å²) in [5, 5.41) is 3.04. The number of nitrogens with zero attached hydrogens (tertiary/aromatic N) is 1. The van der Waals surface area contributed by atoms with Crippen LogP contribution in [-0.4, -0.2) is 48.8 Å². The minimum atomic E-state index is -0.428. The van der Waals surface area contributed by atoms with Gasteiger partial charge in [-0.25, -0.2) is 0 Å². The van der Waals surface area contributed by atoms with Gasteiger partial charge in [0, 0.05) is 17.4 Å². The lowest BCUT2D eigenvalue weighted by Gasteiger charge is -2.27. The molecule has 1 saturated carbocycles. The quantitative estimate of drug-likeness (QED) is 0.875. The third kappa shape index (κ3) is 2.73. The maximum Gasteiger partial charge on any atom is 0.260 e. The molecule has 140 valence electrons. The third-order valence-electron chi connectivity index (χ3n) is 5.55. The fourth-order valence-corrected chi connectivity index (χ4v) is 5.69. The van der Waals surface area contributed by atoms with Crippen molar-refractivity contribution < 1.29 is 19.1 Å². The van der Waals surface area contributed by atoms with Gasteiger partial charge in [0.2, 0.25) is 5.91 Å². The number of rotatable bonds is 4.